The molecule has 0 bridgehead atoms. The topological polar surface area (TPSA) is 48.1 Å². The van der Waals surface area contributed by atoms with Crippen molar-refractivity contribution >= 4 is 10.8 Å². The van der Waals surface area contributed by atoms with E-state index in [2.05, 4.69) is 9.72 Å². The zero-order valence-corrected chi connectivity index (χ0v) is 11.0. The SMILES string of the molecule is NC(COCC(F)(F)C(F)F)c1cccc2cnccc12. The van der Waals surface area contributed by atoms with Crippen LogP contribution in [0.1, 0.15) is 11.6 Å². The largest absolute Gasteiger partial charge is 0.373 e. The summed E-state index contributed by atoms with van der Waals surface area (Å²) in [5.41, 5.74) is 6.58. The summed E-state index contributed by atoms with van der Waals surface area (Å²) in [7, 11) is 0. The molecule has 0 aliphatic carbocycles. The highest BCUT2D eigenvalue weighted by Gasteiger charge is 2.41. The van der Waals surface area contributed by atoms with Crippen LogP contribution in [0.5, 0.6) is 0 Å². The van der Waals surface area contributed by atoms with Gasteiger partial charge < -0.3 is 10.5 Å². The highest BCUT2D eigenvalue weighted by molar-refractivity contribution is 5.85. The number of pyridine rings is 1. The average molecular weight is 302 g/mol. The summed E-state index contributed by atoms with van der Waals surface area (Å²) in [6.45, 7) is -1.63. The molecular weight excluding hydrogens is 288 g/mol. The summed E-state index contributed by atoms with van der Waals surface area (Å²) in [5.74, 6) is -4.16. The molecule has 1 atom stereocenters. The highest BCUT2D eigenvalue weighted by atomic mass is 19.3. The van der Waals surface area contributed by atoms with E-state index in [4.69, 9.17) is 5.73 Å². The van der Waals surface area contributed by atoms with Crippen molar-refractivity contribution in [3.05, 3.63) is 42.2 Å². The van der Waals surface area contributed by atoms with Crippen molar-refractivity contribution in [1.82, 2.24) is 4.98 Å². The van der Waals surface area contributed by atoms with Crippen LogP contribution in [-0.2, 0) is 4.74 Å². The molecule has 1 heterocycles. The van der Waals surface area contributed by atoms with Crippen LogP contribution in [0.25, 0.3) is 10.8 Å². The maximum Gasteiger partial charge on any atom is 0.330 e. The number of nitrogens with zero attached hydrogens (tertiary/aromatic N) is 1. The van der Waals surface area contributed by atoms with Gasteiger partial charge in [-0.1, -0.05) is 18.2 Å². The fourth-order valence-corrected chi connectivity index (χ4v) is 1.95. The Morgan fingerprint density at radius 3 is 2.71 bits per heavy atom. The number of hydrogen-bond donors (Lipinski definition) is 1. The van der Waals surface area contributed by atoms with Crippen LogP contribution in [0.4, 0.5) is 17.6 Å². The van der Waals surface area contributed by atoms with Crippen LogP contribution in [0.15, 0.2) is 36.7 Å². The third kappa shape index (κ3) is 3.68. The van der Waals surface area contributed by atoms with Gasteiger partial charge in [-0.15, -0.1) is 0 Å². The highest BCUT2D eigenvalue weighted by Crippen LogP contribution is 2.25. The number of nitrogens with two attached hydrogens (primary N) is 1. The molecule has 21 heavy (non-hydrogen) atoms. The Kier molecular flexibility index (Phi) is 4.74. The predicted molar refractivity (Wildman–Crippen MR) is 70.4 cm³/mol. The molecule has 0 saturated heterocycles. The summed E-state index contributed by atoms with van der Waals surface area (Å²) in [6.07, 6.45) is -0.515. The molecule has 1 aromatic heterocycles. The van der Waals surface area contributed by atoms with Crippen LogP contribution in [0.2, 0.25) is 0 Å². The number of benzene rings is 1. The van der Waals surface area contributed by atoms with E-state index in [1.165, 1.54) is 0 Å². The van der Waals surface area contributed by atoms with Crippen molar-refractivity contribution in [3.63, 3.8) is 0 Å². The fourth-order valence-electron chi connectivity index (χ4n) is 1.95. The maximum absolute atomic E-state index is 12.7. The monoisotopic (exact) mass is 302 g/mol. The second kappa shape index (κ2) is 6.36. The molecule has 7 heteroatoms. The van der Waals surface area contributed by atoms with Gasteiger partial charge in [-0.3, -0.25) is 4.98 Å². The van der Waals surface area contributed by atoms with Gasteiger partial charge in [-0.05, 0) is 17.0 Å². The molecule has 3 nitrogen and oxygen atoms in total. The molecule has 0 spiro atoms. The van der Waals surface area contributed by atoms with E-state index < -0.39 is 25.0 Å². The molecule has 2 rings (SSSR count). The van der Waals surface area contributed by atoms with Gasteiger partial charge in [0.25, 0.3) is 0 Å². The summed E-state index contributed by atoms with van der Waals surface area (Å²) in [4.78, 5) is 3.97. The van der Waals surface area contributed by atoms with Crippen molar-refractivity contribution < 1.29 is 22.3 Å². The van der Waals surface area contributed by atoms with Crippen LogP contribution >= 0.6 is 0 Å². The minimum Gasteiger partial charge on any atom is -0.373 e. The van der Waals surface area contributed by atoms with Crippen molar-refractivity contribution in [3.8, 4) is 0 Å². The summed E-state index contributed by atoms with van der Waals surface area (Å²) < 4.78 is 54.1. The van der Waals surface area contributed by atoms with Crippen molar-refractivity contribution in [2.24, 2.45) is 5.73 Å². The second-order valence-corrected chi connectivity index (χ2v) is 4.63. The van der Waals surface area contributed by atoms with Crippen LogP contribution in [0, 0.1) is 0 Å². The molecule has 0 saturated carbocycles. The maximum atomic E-state index is 12.7. The Balaban J connectivity index is 2.04. The molecule has 0 aliphatic rings. The number of fused-ring (bicyclic) bond motifs is 1. The van der Waals surface area contributed by atoms with Gasteiger partial charge in [-0.25, -0.2) is 8.78 Å². The van der Waals surface area contributed by atoms with Crippen molar-refractivity contribution in [1.29, 1.82) is 0 Å². The molecule has 0 radical (unpaired) electrons. The van der Waals surface area contributed by atoms with Crippen LogP contribution in [0.3, 0.4) is 0 Å². The van der Waals surface area contributed by atoms with E-state index in [9.17, 15) is 17.6 Å². The summed E-state index contributed by atoms with van der Waals surface area (Å²) in [6, 6.07) is 6.39. The van der Waals surface area contributed by atoms with E-state index in [1.54, 1.807) is 30.6 Å². The minimum absolute atomic E-state index is 0.274. The van der Waals surface area contributed by atoms with Crippen molar-refractivity contribution in [2.45, 2.75) is 18.4 Å². The molecule has 0 amide bonds. The lowest BCUT2D eigenvalue weighted by Gasteiger charge is -2.18. The normalized spacial score (nSPS) is 13.8. The number of hydrogen-bond acceptors (Lipinski definition) is 3. The third-order valence-electron chi connectivity index (χ3n) is 3.03. The lowest BCUT2D eigenvalue weighted by molar-refractivity contribution is -0.166. The first-order valence-electron chi connectivity index (χ1n) is 6.24. The Bertz CT molecular complexity index is 601. The quantitative estimate of drug-likeness (QED) is 0.834. The van der Waals surface area contributed by atoms with Gasteiger partial charge >= 0.3 is 12.3 Å². The smallest absolute Gasteiger partial charge is 0.330 e. The van der Waals surface area contributed by atoms with E-state index in [0.717, 1.165) is 10.8 Å². The van der Waals surface area contributed by atoms with Gasteiger partial charge in [0.05, 0.1) is 12.6 Å². The van der Waals surface area contributed by atoms with Gasteiger partial charge in [0.15, 0.2) is 0 Å². The Morgan fingerprint density at radius 2 is 2.00 bits per heavy atom. The third-order valence-corrected chi connectivity index (χ3v) is 3.03. The summed E-state index contributed by atoms with van der Waals surface area (Å²) >= 11 is 0. The number of ether oxygens (including phenoxy) is 1. The number of rotatable bonds is 6. The molecule has 2 aromatic rings. The molecule has 114 valence electrons. The fraction of sp³-hybridized carbons (Fsp3) is 0.357. The number of alkyl halides is 4. The van der Waals surface area contributed by atoms with Crippen molar-refractivity contribution in [2.75, 3.05) is 13.2 Å². The van der Waals surface area contributed by atoms with E-state index in [0.29, 0.717) is 5.56 Å². The first-order chi connectivity index (χ1) is 9.92. The predicted octanol–water partition coefficient (Wildman–Crippen LogP) is 3.15. The minimum atomic E-state index is -4.16. The van der Waals surface area contributed by atoms with Gasteiger partial charge in [0, 0.05) is 17.8 Å². The van der Waals surface area contributed by atoms with Gasteiger partial charge in [0.1, 0.15) is 6.61 Å². The van der Waals surface area contributed by atoms with Gasteiger partial charge in [0.2, 0.25) is 0 Å². The first-order valence-corrected chi connectivity index (χ1v) is 6.24. The molecule has 1 unspecified atom stereocenters. The van der Waals surface area contributed by atoms with Crippen LogP contribution < -0.4 is 5.73 Å². The Labute approximate surface area is 118 Å². The zero-order chi connectivity index (χ0) is 15.5. The van der Waals surface area contributed by atoms with E-state index in [1.807, 2.05) is 6.07 Å². The summed E-state index contributed by atoms with van der Waals surface area (Å²) in [5, 5.41) is 1.67. The van der Waals surface area contributed by atoms with Crippen LogP contribution in [-0.4, -0.2) is 30.5 Å². The second-order valence-electron chi connectivity index (χ2n) is 4.63. The number of aromatic nitrogens is 1. The molecule has 1 aromatic carbocycles. The standard InChI is InChI=1S/C14H14F4N2O/c15-13(16)14(17,18)8-21-7-12(19)11-3-1-2-9-6-20-5-4-10(9)11/h1-6,12-13H,7-8,19H2. The molecule has 0 aliphatic heterocycles. The lowest BCUT2D eigenvalue weighted by Crippen LogP contribution is -2.33. The van der Waals surface area contributed by atoms with E-state index >= 15 is 0 Å². The molecule has 0 fully saturated rings. The number of halogens is 4. The average Bonchev–Trinajstić information content (AvgIpc) is 2.46. The lowest BCUT2D eigenvalue weighted by atomic mass is 10.0. The Hall–Kier alpha value is -1.73. The zero-order valence-electron chi connectivity index (χ0n) is 11.0. The van der Waals surface area contributed by atoms with Gasteiger partial charge in [-0.2, -0.15) is 8.78 Å². The Morgan fingerprint density at radius 1 is 1.24 bits per heavy atom. The molecule has 2 N–H and O–H groups in total. The first kappa shape index (κ1) is 15.7. The molecular formula is C14H14F4N2O. The van der Waals surface area contributed by atoms with E-state index in [-0.39, 0.29) is 6.61 Å².